The molecule has 0 aliphatic rings. The predicted molar refractivity (Wildman–Crippen MR) is 83.7 cm³/mol. The van der Waals surface area contributed by atoms with Crippen LogP contribution >= 0.6 is 0 Å². The third-order valence-electron chi connectivity index (χ3n) is 3.43. The Balaban J connectivity index is 1.91. The maximum atomic E-state index is 12.0. The molecule has 0 fully saturated rings. The molecule has 1 atom stereocenters. The zero-order chi connectivity index (χ0) is 15.2. The number of hydrogen-bond acceptors (Lipinski definition) is 3. The van der Waals surface area contributed by atoms with Crippen molar-refractivity contribution in [3.8, 4) is 0 Å². The predicted octanol–water partition coefficient (Wildman–Crippen LogP) is 1.63. The molecule has 0 spiro atoms. The molecule has 5 nitrogen and oxygen atoms in total. The second-order valence-electron chi connectivity index (χ2n) is 4.95. The number of hydrogen-bond donors (Lipinski definition) is 2. The van der Waals surface area contributed by atoms with E-state index in [1.54, 1.807) is 0 Å². The van der Waals surface area contributed by atoms with Gasteiger partial charge >= 0.3 is 0 Å². The number of carbonyl (C=O) groups excluding carboxylic acids is 1. The van der Waals surface area contributed by atoms with Gasteiger partial charge in [0.05, 0.1) is 5.56 Å². The highest BCUT2D eigenvalue weighted by Crippen LogP contribution is 2.13. The molecule has 5 heteroatoms. The van der Waals surface area contributed by atoms with Crippen LogP contribution in [-0.4, -0.2) is 30.5 Å². The van der Waals surface area contributed by atoms with Gasteiger partial charge in [-0.15, -0.1) is 0 Å². The number of benzene rings is 1. The standard InChI is InChI=1S/C16H19N3O2/c1-12(19(2)14-6-4-3-5-7-14)10-18-16(21)13-8-9-15(20)17-11-13/h3-9,11-12H,10H2,1-2H3,(H,17,20)(H,18,21). The molecule has 0 saturated heterocycles. The van der Waals surface area contributed by atoms with Crippen LogP contribution in [0.4, 0.5) is 5.69 Å². The second kappa shape index (κ2) is 6.74. The number of likely N-dealkylation sites (N-methyl/N-ethyl adjacent to an activating group) is 1. The van der Waals surface area contributed by atoms with Gasteiger partial charge in [0.15, 0.2) is 0 Å². The molecule has 1 unspecified atom stereocenters. The average molecular weight is 285 g/mol. The van der Waals surface area contributed by atoms with Crippen molar-refractivity contribution < 1.29 is 4.79 Å². The van der Waals surface area contributed by atoms with Crippen molar-refractivity contribution in [2.24, 2.45) is 0 Å². The first-order chi connectivity index (χ1) is 10.1. The molecule has 2 aromatic rings. The van der Waals surface area contributed by atoms with Crippen LogP contribution in [-0.2, 0) is 0 Å². The van der Waals surface area contributed by atoms with Gasteiger partial charge in [0.25, 0.3) is 5.91 Å². The van der Waals surface area contributed by atoms with Gasteiger partial charge in [-0.3, -0.25) is 9.59 Å². The first kappa shape index (κ1) is 14.8. The van der Waals surface area contributed by atoms with Gasteiger partial charge in [0, 0.05) is 37.6 Å². The molecule has 0 bridgehead atoms. The fourth-order valence-electron chi connectivity index (χ4n) is 1.95. The topological polar surface area (TPSA) is 65.2 Å². The first-order valence-corrected chi connectivity index (χ1v) is 6.83. The lowest BCUT2D eigenvalue weighted by atomic mass is 10.2. The van der Waals surface area contributed by atoms with E-state index in [0.717, 1.165) is 5.69 Å². The SMILES string of the molecule is CC(CNC(=O)c1ccc(=O)[nH]c1)N(C)c1ccccc1. The van der Waals surface area contributed by atoms with Gasteiger partial charge in [0.2, 0.25) is 5.56 Å². The van der Waals surface area contributed by atoms with Crippen LogP contribution in [0.3, 0.4) is 0 Å². The Bertz CT molecular complexity index is 632. The molecule has 110 valence electrons. The minimum Gasteiger partial charge on any atom is -0.370 e. The quantitative estimate of drug-likeness (QED) is 0.877. The number of para-hydroxylation sites is 1. The zero-order valence-electron chi connectivity index (χ0n) is 12.2. The van der Waals surface area contributed by atoms with Crippen molar-refractivity contribution in [1.82, 2.24) is 10.3 Å². The summed E-state index contributed by atoms with van der Waals surface area (Å²) in [5.74, 6) is -0.195. The summed E-state index contributed by atoms with van der Waals surface area (Å²) in [4.78, 5) is 27.5. The first-order valence-electron chi connectivity index (χ1n) is 6.83. The van der Waals surface area contributed by atoms with Gasteiger partial charge < -0.3 is 15.2 Å². The molecule has 2 rings (SSSR count). The number of anilines is 1. The van der Waals surface area contributed by atoms with Crippen molar-refractivity contribution >= 4 is 11.6 Å². The average Bonchev–Trinajstić information content (AvgIpc) is 2.53. The Kier molecular flexibility index (Phi) is 4.77. The van der Waals surface area contributed by atoms with Crippen LogP contribution in [0, 0.1) is 0 Å². The highest BCUT2D eigenvalue weighted by Gasteiger charge is 2.12. The molecule has 2 N–H and O–H groups in total. The van der Waals surface area contributed by atoms with E-state index in [2.05, 4.69) is 15.2 Å². The zero-order valence-corrected chi connectivity index (χ0v) is 12.2. The number of aromatic amines is 1. The lowest BCUT2D eigenvalue weighted by molar-refractivity contribution is 0.0951. The molecule has 0 aliphatic heterocycles. The number of pyridine rings is 1. The third-order valence-corrected chi connectivity index (χ3v) is 3.43. The largest absolute Gasteiger partial charge is 0.370 e. The molecular formula is C16H19N3O2. The summed E-state index contributed by atoms with van der Waals surface area (Å²) in [6, 6.07) is 13.0. The number of aromatic nitrogens is 1. The van der Waals surface area contributed by atoms with E-state index < -0.39 is 0 Å². The lowest BCUT2D eigenvalue weighted by Crippen LogP contribution is -2.40. The van der Waals surface area contributed by atoms with Crippen molar-refractivity contribution in [1.29, 1.82) is 0 Å². The number of carbonyl (C=O) groups is 1. The summed E-state index contributed by atoms with van der Waals surface area (Å²) in [5, 5.41) is 2.87. The Hall–Kier alpha value is -2.56. The third kappa shape index (κ3) is 3.95. The van der Waals surface area contributed by atoms with E-state index in [0.29, 0.717) is 12.1 Å². The summed E-state index contributed by atoms with van der Waals surface area (Å²) in [7, 11) is 1.99. The molecular weight excluding hydrogens is 266 g/mol. The molecule has 0 radical (unpaired) electrons. The number of H-pyrrole nitrogens is 1. The van der Waals surface area contributed by atoms with Crippen molar-refractivity contribution in [3.05, 3.63) is 64.6 Å². The number of amides is 1. The molecule has 1 aromatic heterocycles. The van der Waals surface area contributed by atoms with Gasteiger partial charge in [0.1, 0.15) is 0 Å². The van der Waals surface area contributed by atoms with Crippen molar-refractivity contribution in [3.63, 3.8) is 0 Å². The number of nitrogens with one attached hydrogen (secondary N) is 2. The number of nitrogens with zero attached hydrogens (tertiary/aromatic N) is 1. The normalized spacial score (nSPS) is 11.7. The highest BCUT2D eigenvalue weighted by atomic mass is 16.1. The Morgan fingerprint density at radius 2 is 1.95 bits per heavy atom. The molecule has 21 heavy (non-hydrogen) atoms. The van der Waals surface area contributed by atoms with E-state index in [1.807, 2.05) is 44.3 Å². The Labute approximate surface area is 123 Å². The van der Waals surface area contributed by atoms with E-state index in [-0.39, 0.29) is 17.5 Å². The van der Waals surface area contributed by atoms with Crippen LogP contribution in [0.5, 0.6) is 0 Å². The smallest absolute Gasteiger partial charge is 0.252 e. The highest BCUT2D eigenvalue weighted by molar-refractivity contribution is 5.93. The minimum atomic E-state index is -0.219. The molecule has 0 saturated carbocycles. The summed E-state index contributed by atoms with van der Waals surface area (Å²) in [6.45, 7) is 2.56. The molecule has 1 aromatic carbocycles. The minimum absolute atomic E-state index is 0.152. The van der Waals surface area contributed by atoms with E-state index in [9.17, 15) is 9.59 Å². The monoisotopic (exact) mass is 285 g/mol. The van der Waals surface area contributed by atoms with Gasteiger partial charge in [-0.1, -0.05) is 18.2 Å². The molecule has 1 heterocycles. The molecule has 1 amide bonds. The summed E-state index contributed by atoms with van der Waals surface area (Å²) >= 11 is 0. The second-order valence-corrected chi connectivity index (χ2v) is 4.95. The Morgan fingerprint density at radius 1 is 1.24 bits per heavy atom. The summed E-state index contributed by atoms with van der Waals surface area (Å²) < 4.78 is 0. The van der Waals surface area contributed by atoms with E-state index in [4.69, 9.17) is 0 Å². The van der Waals surface area contributed by atoms with Crippen molar-refractivity contribution in [2.75, 3.05) is 18.5 Å². The maximum Gasteiger partial charge on any atom is 0.252 e. The fourth-order valence-corrected chi connectivity index (χ4v) is 1.95. The van der Waals surface area contributed by atoms with Gasteiger partial charge in [-0.05, 0) is 25.1 Å². The summed E-state index contributed by atoms with van der Waals surface area (Å²) in [5.41, 5.74) is 1.33. The summed E-state index contributed by atoms with van der Waals surface area (Å²) in [6.07, 6.45) is 1.42. The lowest BCUT2D eigenvalue weighted by Gasteiger charge is -2.27. The van der Waals surface area contributed by atoms with Crippen LogP contribution in [0.25, 0.3) is 0 Å². The van der Waals surface area contributed by atoms with Crippen LogP contribution in [0.2, 0.25) is 0 Å². The molecule has 0 aliphatic carbocycles. The van der Waals surface area contributed by atoms with E-state index in [1.165, 1.54) is 18.3 Å². The van der Waals surface area contributed by atoms with E-state index >= 15 is 0 Å². The van der Waals surface area contributed by atoms with Crippen LogP contribution in [0.15, 0.2) is 53.5 Å². The van der Waals surface area contributed by atoms with Crippen molar-refractivity contribution in [2.45, 2.75) is 13.0 Å². The fraction of sp³-hybridized carbons (Fsp3) is 0.250. The maximum absolute atomic E-state index is 12.0. The van der Waals surface area contributed by atoms with Gasteiger partial charge in [-0.2, -0.15) is 0 Å². The van der Waals surface area contributed by atoms with Crippen LogP contribution in [0.1, 0.15) is 17.3 Å². The van der Waals surface area contributed by atoms with Crippen LogP contribution < -0.4 is 15.8 Å². The van der Waals surface area contributed by atoms with Gasteiger partial charge in [-0.25, -0.2) is 0 Å². The number of rotatable bonds is 5. The Morgan fingerprint density at radius 3 is 2.57 bits per heavy atom.